The van der Waals surface area contributed by atoms with E-state index in [0.717, 1.165) is 22.1 Å². The molecule has 0 spiro atoms. The van der Waals surface area contributed by atoms with E-state index in [-0.39, 0.29) is 17.3 Å². The molecule has 0 atom stereocenters. The second-order valence-corrected chi connectivity index (χ2v) is 5.72. The molecule has 3 aromatic rings. The lowest BCUT2D eigenvalue weighted by atomic mass is 10.0. The zero-order chi connectivity index (χ0) is 17.3. The first kappa shape index (κ1) is 15.9. The van der Waals surface area contributed by atoms with Gasteiger partial charge in [-0.05, 0) is 66.9 Å². The lowest BCUT2D eigenvalue weighted by Gasteiger charge is -2.04. The molecule has 0 fully saturated rings. The van der Waals surface area contributed by atoms with Crippen LogP contribution in [0, 0.1) is 13.8 Å². The Labute approximate surface area is 140 Å². The highest BCUT2D eigenvalue weighted by atomic mass is 16.5. The van der Waals surface area contributed by atoms with Gasteiger partial charge < -0.3 is 14.3 Å². The average molecular weight is 322 g/mol. The standard InChI is InChI=1S/C20H18O4/c1-12-8-14(9-13(2)20(12)22)4-7-17(21)19-10-15-5-6-16(23-3)11-18(15)24-19/h4-11,22H,1-3H3/b7-4+. The lowest BCUT2D eigenvalue weighted by molar-refractivity contribution is 0.102. The number of allylic oxidation sites excluding steroid dienone is 1. The zero-order valence-corrected chi connectivity index (χ0v) is 13.8. The largest absolute Gasteiger partial charge is 0.507 e. The summed E-state index contributed by atoms with van der Waals surface area (Å²) < 4.78 is 10.8. The molecule has 4 heteroatoms. The van der Waals surface area contributed by atoms with Crippen molar-refractivity contribution in [1.29, 1.82) is 0 Å². The number of phenols is 1. The van der Waals surface area contributed by atoms with Gasteiger partial charge in [-0.15, -0.1) is 0 Å². The lowest BCUT2D eigenvalue weighted by Crippen LogP contribution is -1.91. The first-order chi connectivity index (χ1) is 11.5. The SMILES string of the molecule is COc1ccc2cc(C(=O)/C=C/c3cc(C)c(O)c(C)c3)oc2c1. The average Bonchev–Trinajstić information content (AvgIpc) is 3.00. The molecular formula is C20H18O4. The summed E-state index contributed by atoms with van der Waals surface area (Å²) in [7, 11) is 1.58. The molecule has 0 bridgehead atoms. The Morgan fingerprint density at radius 1 is 1.12 bits per heavy atom. The number of ether oxygens (including phenoxy) is 1. The van der Waals surface area contributed by atoms with E-state index >= 15 is 0 Å². The molecule has 1 aromatic heterocycles. The Bertz CT molecular complexity index is 924. The molecule has 0 saturated carbocycles. The molecular weight excluding hydrogens is 304 g/mol. The Hall–Kier alpha value is -3.01. The molecule has 3 rings (SSSR count). The predicted molar refractivity (Wildman–Crippen MR) is 93.7 cm³/mol. The summed E-state index contributed by atoms with van der Waals surface area (Å²) in [4.78, 5) is 12.3. The fourth-order valence-electron chi connectivity index (χ4n) is 2.60. The number of hydrogen-bond donors (Lipinski definition) is 1. The predicted octanol–water partition coefficient (Wildman–Crippen LogP) is 4.66. The smallest absolute Gasteiger partial charge is 0.221 e. The van der Waals surface area contributed by atoms with Crippen molar-refractivity contribution in [2.75, 3.05) is 7.11 Å². The maximum atomic E-state index is 12.3. The number of ketones is 1. The van der Waals surface area contributed by atoms with Gasteiger partial charge in [-0.25, -0.2) is 0 Å². The van der Waals surface area contributed by atoms with Crippen molar-refractivity contribution in [3.63, 3.8) is 0 Å². The molecule has 0 aliphatic heterocycles. The van der Waals surface area contributed by atoms with Crippen molar-refractivity contribution in [1.82, 2.24) is 0 Å². The number of carbonyl (C=O) groups excluding carboxylic acids is 1. The van der Waals surface area contributed by atoms with Gasteiger partial charge in [-0.3, -0.25) is 4.79 Å². The van der Waals surface area contributed by atoms with Gasteiger partial charge in [0.2, 0.25) is 5.78 Å². The summed E-state index contributed by atoms with van der Waals surface area (Å²) in [5, 5.41) is 10.6. The van der Waals surface area contributed by atoms with Crippen LogP contribution in [0.1, 0.15) is 27.2 Å². The number of benzene rings is 2. The minimum atomic E-state index is -0.214. The zero-order valence-electron chi connectivity index (χ0n) is 13.8. The van der Waals surface area contributed by atoms with E-state index in [4.69, 9.17) is 9.15 Å². The molecule has 1 N–H and O–H groups in total. The highest BCUT2D eigenvalue weighted by molar-refractivity contribution is 6.07. The summed E-state index contributed by atoms with van der Waals surface area (Å²) in [6.45, 7) is 3.66. The number of phenolic OH excluding ortho intramolecular Hbond substituents is 1. The minimum Gasteiger partial charge on any atom is -0.507 e. The van der Waals surface area contributed by atoms with Crippen LogP contribution in [0.15, 0.2) is 46.9 Å². The van der Waals surface area contributed by atoms with Gasteiger partial charge >= 0.3 is 0 Å². The first-order valence-corrected chi connectivity index (χ1v) is 7.58. The molecule has 0 aliphatic carbocycles. The van der Waals surface area contributed by atoms with Crippen molar-refractivity contribution >= 4 is 22.8 Å². The van der Waals surface area contributed by atoms with Crippen LogP contribution in [0.4, 0.5) is 0 Å². The van der Waals surface area contributed by atoms with Crippen LogP contribution in [-0.4, -0.2) is 18.0 Å². The molecule has 0 amide bonds. The number of furan rings is 1. The molecule has 1 heterocycles. The van der Waals surface area contributed by atoms with E-state index in [1.165, 1.54) is 6.08 Å². The van der Waals surface area contributed by atoms with Crippen LogP contribution in [0.3, 0.4) is 0 Å². The van der Waals surface area contributed by atoms with Gasteiger partial charge in [0.25, 0.3) is 0 Å². The Morgan fingerprint density at radius 3 is 2.50 bits per heavy atom. The van der Waals surface area contributed by atoms with Gasteiger partial charge in [0.15, 0.2) is 5.76 Å². The number of fused-ring (bicyclic) bond motifs is 1. The van der Waals surface area contributed by atoms with Gasteiger partial charge in [0, 0.05) is 11.5 Å². The quantitative estimate of drug-likeness (QED) is 0.560. The van der Waals surface area contributed by atoms with Crippen LogP contribution in [-0.2, 0) is 0 Å². The third-order valence-electron chi connectivity index (χ3n) is 3.91. The van der Waals surface area contributed by atoms with E-state index in [2.05, 4.69) is 0 Å². The van der Waals surface area contributed by atoms with E-state index < -0.39 is 0 Å². The van der Waals surface area contributed by atoms with Crippen molar-refractivity contribution in [3.8, 4) is 11.5 Å². The highest BCUT2D eigenvalue weighted by Crippen LogP contribution is 2.26. The molecule has 2 aromatic carbocycles. The highest BCUT2D eigenvalue weighted by Gasteiger charge is 2.10. The monoisotopic (exact) mass is 322 g/mol. The third kappa shape index (κ3) is 3.04. The second kappa shape index (κ2) is 6.24. The fraction of sp³-hybridized carbons (Fsp3) is 0.150. The van der Waals surface area contributed by atoms with Crippen LogP contribution in [0.2, 0.25) is 0 Å². The molecule has 0 unspecified atom stereocenters. The fourth-order valence-corrected chi connectivity index (χ4v) is 2.60. The van der Waals surface area contributed by atoms with Crippen LogP contribution in [0.25, 0.3) is 17.0 Å². The maximum absolute atomic E-state index is 12.3. The number of carbonyl (C=O) groups is 1. The van der Waals surface area contributed by atoms with Crippen LogP contribution in [0.5, 0.6) is 11.5 Å². The maximum Gasteiger partial charge on any atom is 0.221 e. The number of aromatic hydroxyl groups is 1. The molecule has 0 saturated heterocycles. The second-order valence-electron chi connectivity index (χ2n) is 5.72. The summed E-state index contributed by atoms with van der Waals surface area (Å²) in [5.41, 5.74) is 3.02. The van der Waals surface area contributed by atoms with E-state index in [0.29, 0.717) is 11.3 Å². The van der Waals surface area contributed by atoms with Gasteiger partial charge in [-0.1, -0.05) is 6.08 Å². The number of hydrogen-bond acceptors (Lipinski definition) is 4. The van der Waals surface area contributed by atoms with Crippen LogP contribution >= 0.6 is 0 Å². The van der Waals surface area contributed by atoms with Gasteiger partial charge in [0.05, 0.1) is 7.11 Å². The van der Waals surface area contributed by atoms with E-state index in [1.54, 1.807) is 25.3 Å². The Kier molecular flexibility index (Phi) is 4.13. The molecule has 24 heavy (non-hydrogen) atoms. The van der Waals surface area contributed by atoms with Crippen LogP contribution < -0.4 is 4.74 Å². The topological polar surface area (TPSA) is 59.7 Å². The van der Waals surface area contributed by atoms with E-state index in [9.17, 15) is 9.90 Å². The molecule has 0 aliphatic rings. The first-order valence-electron chi connectivity index (χ1n) is 7.58. The molecule has 4 nitrogen and oxygen atoms in total. The Balaban J connectivity index is 1.86. The molecule has 122 valence electrons. The normalized spacial score (nSPS) is 11.3. The van der Waals surface area contributed by atoms with E-state index in [1.807, 2.05) is 38.1 Å². The summed E-state index contributed by atoms with van der Waals surface area (Å²) in [6, 6.07) is 10.8. The van der Waals surface area contributed by atoms with Crippen molar-refractivity contribution in [2.24, 2.45) is 0 Å². The van der Waals surface area contributed by atoms with Crippen molar-refractivity contribution in [2.45, 2.75) is 13.8 Å². The van der Waals surface area contributed by atoms with Crippen molar-refractivity contribution < 1.29 is 19.1 Å². The minimum absolute atomic E-state index is 0.214. The van der Waals surface area contributed by atoms with Crippen molar-refractivity contribution in [3.05, 3.63) is 64.9 Å². The molecule has 0 radical (unpaired) electrons. The third-order valence-corrected chi connectivity index (χ3v) is 3.91. The number of methoxy groups -OCH3 is 1. The summed E-state index contributed by atoms with van der Waals surface area (Å²) in [5.74, 6) is 1.03. The van der Waals surface area contributed by atoms with Gasteiger partial charge in [-0.2, -0.15) is 0 Å². The Morgan fingerprint density at radius 2 is 1.83 bits per heavy atom. The number of rotatable bonds is 4. The summed E-state index contributed by atoms with van der Waals surface area (Å²) in [6.07, 6.45) is 3.19. The summed E-state index contributed by atoms with van der Waals surface area (Å²) >= 11 is 0. The van der Waals surface area contributed by atoms with Gasteiger partial charge in [0.1, 0.15) is 17.1 Å². The number of aryl methyl sites for hydroxylation is 2.